The van der Waals surface area contributed by atoms with E-state index in [4.69, 9.17) is 4.74 Å². The van der Waals surface area contributed by atoms with Crippen LogP contribution in [-0.2, 0) is 16.6 Å². The van der Waals surface area contributed by atoms with Crippen molar-refractivity contribution >= 4 is 29.4 Å². The number of ether oxygens (including phenoxy) is 1. The second kappa shape index (κ2) is 8.94. The van der Waals surface area contributed by atoms with Gasteiger partial charge in [-0.3, -0.25) is 24.0 Å². The largest absolute Gasteiger partial charge is 0.449 e. The molecule has 2 aromatic rings. The number of nitrogens with one attached hydrogen (secondary N) is 1. The van der Waals surface area contributed by atoms with Crippen LogP contribution in [0.4, 0.5) is 5.69 Å². The lowest BCUT2D eigenvalue weighted by Crippen LogP contribution is -2.31. The number of aryl methyl sites for hydroxylation is 2. The first kappa shape index (κ1) is 23.2. The molecule has 0 saturated heterocycles. The third kappa shape index (κ3) is 4.42. The Morgan fingerprint density at radius 3 is 2.34 bits per heavy atom. The monoisotopic (exact) mass is 440 g/mol. The first-order valence-corrected chi connectivity index (χ1v) is 10.5. The van der Waals surface area contributed by atoms with E-state index in [-0.39, 0.29) is 22.6 Å². The Morgan fingerprint density at radius 1 is 1.09 bits per heavy atom. The predicted octanol–water partition coefficient (Wildman–Crippen LogP) is 2.86. The molecule has 32 heavy (non-hydrogen) atoms. The van der Waals surface area contributed by atoms with E-state index in [9.17, 15) is 19.2 Å². The summed E-state index contributed by atoms with van der Waals surface area (Å²) in [5, 5.41) is 6.97. The van der Waals surface area contributed by atoms with E-state index < -0.39 is 23.9 Å². The molecular formula is C23H28N4O5. The Bertz CT molecular complexity index is 1100. The van der Waals surface area contributed by atoms with E-state index in [1.54, 1.807) is 18.7 Å². The van der Waals surface area contributed by atoms with E-state index in [0.29, 0.717) is 30.3 Å². The number of hydrogen-bond acceptors (Lipinski definition) is 6. The van der Waals surface area contributed by atoms with Gasteiger partial charge in [-0.05, 0) is 51.3 Å². The molecule has 1 atom stereocenters. The van der Waals surface area contributed by atoms with Gasteiger partial charge in [-0.2, -0.15) is 5.10 Å². The van der Waals surface area contributed by atoms with Crippen molar-refractivity contribution in [3.63, 3.8) is 0 Å². The highest BCUT2D eigenvalue weighted by molar-refractivity contribution is 6.22. The van der Waals surface area contributed by atoms with Gasteiger partial charge in [0.15, 0.2) is 6.10 Å². The van der Waals surface area contributed by atoms with Crippen LogP contribution in [0.25, 0.3) is 0 Å². The Morgan fingerprint density at radius 2 is 1.75 bits per heavy atom. The van der Waals surface area contributed by atoms with Crippen molar-refractivity contribution in [3.8, 4) is 0 Å². The number of nitrogens with zero attached hydrogens (tertiary/aromatic N) is 3. The molecule has 9 heteroatoms. The molecule has 3 amide bonds. The van der Waals surface area contributed by atoms with Gasteiger partial charge >= 0.3 is 5.97 Å². The van der Waals surface area contributed by atoms with Crippen LogP contribution in [0.2, 0.25) is 0 Å². The van der Waals surface area contributed by atoms with E-state index in [2.05, 4.69) is 10.4 Å². The molecule has 1 aromatic heterocycles. The van der Waals surface area contributed by atoms with Crippen LogP contribution in [0.5, 0.6) is 0 Å². The van der Waals surface area contributed by atoms with Crippen molar-refractivity contribution in [2.24, 2.45) is 13.0 Å². The molecule has 0 unspecified atom stereocenters. The maximum atomic E-state index is 12.7. The van der Waals surface area contributed by atoms with Crippen LogP contribution in [0, 0.1) is 19.8 Å². The fourth-order valence-electron chi connectivity index (χ4n) is 3.47. The molecule has 3 rings (SSSR count). The van der Waals surface area contributed by atoms with Crippen molar-refractivity contribution in [1.82, 2.24) is 14.7 Å². The lowest BCUT2D eigenvalue weighted by Gasteiger charge is -2.14. The summed E-state index contributed by atoms with van der Waals surface area (Å²) in [6.07, 6.45) is -0.377. The van der Waals surface area contributed by atoms with E-state index in [1.807, 2.05) is 20.8 Å². The summed E-state index contributed by atoms with van der Waals surface area (Å²) in [5.41, 5.74) is 2.54. The van der Waals surface area contributed by atoms with Gasteiger partial charge in [-0.1, -0.05) is 13.8 Å². The standard InChI is InChI=1S/C23H28N4O5/c1-12(2)9-10-27-21(29)17-8-7-16(11-18(17)22(27)30)23(31)32-15(5)20(28)24-19-13(3)25-26(6)14(19)4/h7-8,11-12,15H,9-10H2,1-6H3,(H,24,28)/t15-/m1/s1. The normalized spacial score (nSPS) is 14.0. The highest BCUT2D eigenvalue weighted by atomic mass is 16.5. The number of aromatic nitrogens is 2. The number of carbonyl (C=O) groups is 4. The van der Waals surface area contributed by atoms with Crippen LogP contribution in [0.1, 0.15) is 69.7 Å². The molecule has 1 aromatic carbocycles. The molecule has 9 nitrogen and oxygen atoms in total. The Labute approximate surface area is 186 Å². The lowest BCUT2D eigenvalue weighted by molar-refractivity contribution is -0.123. The zero-order valence-corrected chi connectivity index (χ0v) is 19.2. The molecule has 0 radical (unpaired) electrons. The fraction of sp³-hybridized carbons (Fsp3) is 0.435. The molecule has 0 aliphatic carbocycles. The quantitative estimate of drug-likeness (QED) is 0.524. The molecule has 0 saturated carbocycles. The minimum absolute atomic E-state index is 0.101. The summed E-state index contributed by atoms with van der Waals surface area (Å²) >= 11 is 0. The molecule has 170 valence electrons. The molecular weight excluding hydrogens is 412 g/mol. The summed E-state index contributed by atoms with van der Waals surface area (Å²) < 4.78 is 6.94. The first-order valence-electron chi connectivity index (χ1n) is 10.5. The van der Waals surface area contributed by atoms with E-state index in [1.165, 1.54) is 30.0 Å². The van der Waals surface area contributed by atoms with Gasteiger partial charge < -0.3 is 10.1 Å². The van der Waals surface area contributed by atoms with Gasteiger partial charge in [0.1, 0.15) is 0 Å². The number of fused-ring (bicyclic) bond motifs is 1. The average Bonchev–Trinajstić information content (AvgIpc) is 3.12. The van der Waals surface area contributed by atoms with Crippen molar-refractivity contribution in [2.45, 2.75) is 47.1 Å². The number of hydrogen-bond donors (Lipinski definition) is 1. The SMILES string of the molecule is Cc1nn(C)c(C)c1NC(=O)[C@@H](C)OC(=O)c1ccc2c(c1)C(=O)N(CCC(C)C)C2=O. The number of benzene rings is 1. The van der Waals surface area contributed by atoms with Crippen molar-refractivity contribution in [2.75, 3.05) is 11.9 Å². The summed E-state index contributed by atoms with van der Waals surface area (Å²) in [6.45, 7) is 9.41. The van der Waals surface area contributed by atoms with Gasteiger partial charge in [-0.25, -0.2) is 4.79 Å². The number of anilines is 1. The number of carbonyl (C=O) groups excluding carboxylic acids is 4. The second-order valence-electron chi connectivity index (χ2n) is 8.41. The zero-order chi connectivity index (χ0) is 23.7. The maximum Gasteiger partial charge on any atom is 0.338 e. The van der Waals surface area contributed by atoms with Gasteiger partial charge in [0, 0.05) is 13.6 Å². The van der Waals surface area contributed by atoms with Gasteiger partial charge in [-0.15, -0.1) is 0 Å². The van der Waals surface area contributed by atoms with Gasteiger partial charge in [0.25, 0.3) is 17.7 Å². The van der Waals surface area contributed by atoms with Gasteiger partial charge in [0.05, 0.1) is 33.8 Å². The molecule has 1 aliphatic rings. The molecule has 1 N–H and O–H groups in total. The van der Waals surface area contributed by atoms with Crippen LogP contribution in [0.3, 0.4) is 0 Å². The number of amides is 3. The summed E-state index contributed by atoms with van der Waals surface area (Å²) in [5.74, 6) is -1.69. The van der Waals surface area contributed by atoms with Crippen LogP contribution >= 0.6 is 0 Å². The van der Waals surface area contributed by atoms with Gasteiger partial charge in [0.2, 0.25) is 0 Å². The summed E-state index contributed by atoms with van der Waals surface area (Å²) in [7, 11) is 1.77. The van der Waals surface area contributed by atoms with E-state index in [0.717, 1.165) is 5.69 Å². The van der Waals surface area contributed by atoms with Crippen molar-refractivity contribution < 1.29 is 23.9 Å². The molecule has 0 bridgehead atoms. The fourth-order valence-corrected chi connectivity index (χ4v) is 3.47. The topological polar surface area (TPSA) is 111 Å². The summed E-state index contributed by atoms with van der Waals surface area (Å²) in [6, 6.07) is 4.24. The highest BCUT2D eigenvalue weighted by Crippen LogP contribution is 2.25. The van der Waals surface area contributed by atoms with Crippen LogP contribution in [-0.4, -0.2) is 51.0 Å². The van der Waals surface area contributed by atoms with Crippen molar-refractivity contribution in [1.29, 1.82) is 0 Å². The molecule has 0 spiro atoms. The summed E-state index contributed by atoms with van der Waals surface area (Å²) in [4.78, 5) is 51.5. The molecule has 0 fully saturated rings. The average molecular weight is 441 g/mol. The van der Waals surface area contributed by atoms with Crippen LogP contribution < -0.4 is 5.32 Å². The second-order valence-corrected chi connectivity index (χ2v) is 8.41. The number of esters is 1. The Kier molecular flexibility index (Phi) is 6.47. The third-order valence-corrected chi connectivity index (χ3v) is 5.55. The lowest BCUT2D eigenvalue weighted by atomic mass is 10.1. The minimum atomic E-state index is -1.07. The maximum absolute atomic E-state index is 12.7. The third-order valence-electron chi connectivity index (χ3n) is 5.55. The predicted molar refractivity (Wildman–Crippen MR) is 117 cm³/mol. The van der Waals surface area contributed by atoms with Crippen molar-refractivity contribution in [3.05, 3.63) is 46.3 Å². The van der Waals surface area contributed by atoms with Crippen LogP contribution in [0.15, 0.2) is 18.2 Å². The smallest absolute Gasteiger partial charge is 0.338 e. The number of imide groups is 1. The molecule has 1 aliphatic heterocycles. The zero-order valence-electron chi connectivity index (χ0n) is 19.2. The highest BCUT2D eigenvalue weighted by Gasteiger charge is 2.36. The van der Waals surface area contributed by atoms with E-state index >= 15 is 0 Å². The Hall–Kier alpha value is -3.49. The first-order chi connectivity index (χ1) is 15.0. The number of rotatable bonds is 7. The Balaban J connectivity index is 1.69. The molecule has 2 heterocycles. The minimum Gasteiger partial charge on any atom is -0.449 e.